The smallest absolute Gasteiger partial charge is 0.150 e. The Hall–Kier alpha value is -0.900. The molecule has 4 nitrogen and oxygen atoms in total. The minimum absolute atomic E-state index is 0.476. The fraction of sp³-hybridized carbons (Fsp3) is 0.846. The second-order valence-corrected chi connectivity index (χ2v) is 5.83. The second-order valence-electron chi connectivity index (χ2n) is 5.83. The van der Waals surface area contributed by atoms with Crippen LogP contribution in [0.25, 0.3) is 0 Å². The van der Waals surface area contributed by atoms with Gasteiger partial charge in [-0.1, -0.05) is 13.8 Å². The molecule has 2 heterocycles. The van der Waals surface area contributed by atoms with Crippen molar-refractivity contribution >= 4 is 0 Å². The standard InChI is InChI=1S/C13H22N4/c1-9(2)3-6-11-15-16-13-12(10-4-5-10)14-7-8-17(11)13/h9-10,12,14H,3-8H2,1-2H3. The van der Waals surface area contributed by atoms with E-state index < -0.39 is 0 Å². The summed E-state index contributed by atoms with van der Waals surface area (Å²) in [7, 11) is 0. The molecule has 0 bridgehead atoms. The van der Waals surface area contributed by atoms with Gasteiger partial charge in [0.15, 0.2) is 5.82 Å². The number of aryl methyl sites for hydroxylation is 1. The lowest BCUT2D eigenvalue weighted by molar-refractivity contribution is 0.375. The second kappa shape index (κ2) is 4.41. The van der Waals surface area contributed by atoms with Crippen LogP contribution in [0, 0.1) is 11.8 Å². The predicted molar refractivity (Wildman–Crippen MR) is 66.6 cm³/mol. The Morgan fingerprint density at radius 2 is 2.18 bits per heavy atom. The van der Waals surface area contributed by atoms with Gasteiger partial charge in [-0.05, 0) is 31.1 Å². The highest BCUT2D eigenvalue weighted by atomic mass is 15.3. The number of nitrogens with zero attached hydrogens (tertiary/aromatic N) is 3. The summed E-state index contributed by atoms with van der Waals surface area (Å²) >= 11 is 0. The summed E-state index contributed by atoms with van der Waals surface area (Å²) < 4.78 is 2.36. The van der Waals surface area contributed by atoms with Crippen LogP contribution in [0.1, 0.15) is 50.8 Å². The van der Waals surface area contributed by atoms with Gasteiger partial charge in [-0.15, -0.1) is 10.2 Å². The summed E-state index contributed by atoms with van der Waals surface area (Å²) in [6, 6.07) is 0.476. The third kappa shape index (κ3) is 2.23. The molecule has 0 saturated heterocycles. The summed E-state index contributed by atoms with van der Waals surface area (Å²) in [4.78, 5) is 0. The molecule has 1 saturated carbocycles. The Bertz CT molecular complexity index is 392. The van der Waals surface area contributed by atoms with Crippen molar-refractivity contribution in [1.29, 1.82) is 0 Å². The summed E-state index contributed by atoms with van der Waals surface area (Å²) in [5.41, 5.74) is 0. The number of nitrogens with one attached hydrogen (secondary N) is 1. The third-order valence-electron chi connectivity index (χ3n) is 3.87. The quantitative estimate of drug-likeness (QED) is 0.865. The lowest BCUT2D eigenvalue weighted by Crippen LogP contribution is -2.35. The molecular formula is C13H22N4. The van der Waals surface area contributed by atoms with Crippen molar-refractivity contribution in [2.24, 2.45) is 11.8 Å². The van der Waals surface area contributed by atoms with Crippen LogP contribution in [0.2, 0.25) is 0 Å². The molecule has 2 aliphatic rings. The molecule has 94 valence electrons. The highest BCUT2D eigenvalue weighted by Gasteiger charge is 2.37. The number of hydrogen-bond acceptors (Lipinski definition) is 3. The summed E-state index contributed by atoms with van der Waals surface area (Å²) in [6.07, 6.45) is 4.99. The van der Waals surface area contributed by atoms with E-state index in [1.54, 1.807) is 0 Å². The molecule has 1 aromatic heterocycles. The van der Waals surface area contributed by atoms with E-state index in [0.717, 1.165) is 31.3 Å². The van der Waals surface area contributed by atoms with Crippen molar-refractivity contribution in [3.8, 4) is 0 Å². The van der Waals surface area contributed by atoms with Gasteiger partial charge in [0.2, 0.25) is 0 Å². The zero-order valence-electron chi connectivity index (χ0n) is 10.8. The van der Waals surface area contributed by atoms with Gasteiger partial charge in [-0.25, -0.2) is 0 Å². The third-order valence-corrected chi connectivity index (χ3v) is 3.87. The maximum absolute atomic E-state index is 4.43. The van der Waals surface area contributed by atoms with Crippen molar-refractivity contribution in [1.82, 2.24) is 20.1 Å². The Morgan fingerprint density at radius 1 is 1.35 bits per heavy atom. The Morgan fingerprint density at radius 3 is 2.88 bits per heavy atom. The number of fused-ring (bicyclic) bond motifs is 1. The van der Waals surface area contributed by atoms with Gasteiger partial charge in [-0.3, -0.25) is 0 Å². The van der Waals surface area contributed by atoms with Gasteiger partial charge in [-0.2, -0.15) is 0 Å². The van der Waals surface area contributed by atoms with E-state index in [1.165, 1.54) is 30.9 Å². The molecule has 4 heteroatoms. The molecule has 1 aromatic rings. The Kier molecular flexibility index (Phi) is 2.90. The molecule has 1 aliphatic carbocycles. The van der Waals surface area contributed by atoms with E-state index in [9.17, 15) is 0 Å². The molecule has 1 aliphatic heterocycles. The predicted octanol–water partition coefficient (Wildman–Crippen LogP) is 1.92. The van der Waals surface area contributed by atoms with Crippen LogP contribution < -0.4 is 5.32 Å². The first-order valence-electron chi connectivity index (χ1n) is 6.91. The van der Waals surface area contributed by atoms with Gasteiger partial charge < -0.3 is 9.88 Å². The molecule has 1 atom stereocenters. The molecule has 1 fully saturated rings. The topological polar surface area (TPSA) is 42.7 Å². The number of aromatic nitrogens is 3. The van der Waals surface area contributed by atoms with E-state index >= 15 is 0 Å². The van der Waals surface area contributed by atoms with Crippen molar-refractivity contribution in [2.75, 3.05) is 6.54 Å². The minimum atomic E-state index is 0.476. The van der Waals surface area contributed by atoms with Gasteiger partial charge in [0, 0.05) is 19.5 Å². The van der Waals surface area contributed by atoms with Crippen molar-refractivity contribution in [3.63, 3.8) is 0 Å². The fourth-order valence-corrected chi connectivity index (χ4v) is 2.66. The molecule has 1 N–H and O–H groups in total. The molecule has 17 heavy (non-hydrogen) atoms. The van der Waals surface area contributed by atoms with Crippen LogP contribution in [0.4, 0.5) is 0 Å². The van der Waals surface area contributed by atoms with Crippen LogP contribution in [0.3, 0.4) is 0 Å². The van der Waals surface area contributed by atoms with Crippen LogP contribution in [-0.2, 0) is 13.0 Å². The summed E-state index contributed by atoms with van der Waals surface area (Å²) in [6.45, 7) is 6.64. The van der Waals surface area contributed by atoms with E-state index in [2.05, 4.69) is 33.9 Å². The highest BCUT2D eigenvalue weighted by Crippen LogP contribution is 2.41. The molecule has 0 radical (unpaired) electrons. The van der Waals surface area contributed by atoms with Gasteiger partial charge in [0.05, 0.1) is 6.04 Å². The van der Waals surface area contributed by atoms with E-state index in [1.807, 2.05) is 0 Å². The fourth-order valence-electron chi connectivity index (χ4n) is 2.66. The maximum Gasteiger partial charge on any atom is 0.150 e. The van der Waals surface area contributed by atoms with Gasteiger partial charge in [0.25, 0.3) is 0 Å². The van der Waals surface area contributed by atoms with Gasteiger partial charge in [0.1, 0.15) is 5.82 Å². The first-order chi connectivity index (χ1) is 8.25. The molecule has 3 rings (SSSR count). The molecular weight excluding hydrogens is 212 g/mol. The SMILES string of the molecule is CC(C)CCc1nnc2n1CCNC2C1CC1. The first-order valence-corrected chi connectivity index (χ1v) is 6.91. The molecule has 1 unspecified atom stereocenters. The van der Waals surface area contributed by atoms with Crippen molar-refractivity contribution in [3.05, 3.63) is 11.6 Å². The molecule has 0 spiro atoms. The lowest BCUT2D eigenvalue weighted by atomic mass is 10.1. The molecule has 0 amide bonds. The number of rotatable bonds is 4. The first kappa shape index (κ1) is 11.2. The normalized spacial score (nSPS) is 24.1. The minimum Gasteiger partial charge on any atom is -0.312 e. The Balaban J connectivity index is 1.78. The summed E-state index contributed by atoms with van der Waals surface area (Å²) in [5.74, 6) is 3.94. The Labute approximate surface area is 103 Å². The van der Waals surface area contributed by atoms with Crippen molar-refractivity contribution in [2.45, 2.75) is 52.1 Å². The largest absolute Gasteiger partial charge is 0.312 e. The van der Waals surface area contributed by atoms with E-state index in [4.69, 9.17) is 0 Å². The zero-order valence-corrected chi connectivity index (χ0v) is 10.8. The monoisotopic (exact) mass is 234 g/mol. The molecule has 0 aromatic carbocycles. The lowest BCUT2D eigenvalue weighted by Gasteiger charge is -2.25. The van der Waals surface area contributed by atoms with Crippen LogP contribution in [0.5, 0.6) is 0 Å². The van der Waals surface area contributed by atoms with Crippen LogP contribution >= 0.6 is 0 Å². The zero-order chi connectivity index (χ0) is 11.8. The average Bonchev–Trinajstić information content (AvgIpc) is 3.07. The maximum atomic E-state index is 4.43. The van der Waals surface area contributed by atoms with Crippen molar-refractivity contribution < 1.29 is 0 Å². The van der Waals surface area contributed by atoms with Crippen LogP contribution in [-0.4, -0.2) is 21.3 Å². The average molecular weight is 234 g/mol. The van der Waals surface area contributed by atoms with Crippen LogP contribution in [0.15, 0.2) is 0 Å². The van der Waals surface area contributed by atoms with Gasteiger partial charge >= 0.3 is 0 Å². The van der Waals surface area contributed by atoms with E-state index in [0.29, 0.717) is 6.04 Å². The summed E-state index contributed by atoms with van der Waals surface area (Å²) in [5, 5.41) is 12.4. The highest BCUT2D eigenvalue weighted by molar-refractivity contribution is 5.08. The number of hydrogen-bond donors (Lipinski definition) is 1. The van der Waals surface area contributed by atoms with E-state index in [-0.39, 0.29) is 0 Å².